The first-order chi connectivity index (χ1) is 26.4. The number of likely N-dealkylation sites (N-methyl/N-ethyl adjacent to an activating group) is 1. The van der Waals surface area contributed by atoms with Gasteiger partial charge in [-0.25, -0.2) is 0 Å². The average molecular weight is 786 g/mol. The number of aliphatic hydroxyl groups is 3. The van der Waals surface area contributed by atoms with E-state index < -0.39 is 119 Å². The van der Waals surface area contributed by atoms with Crippen molar-refractivity contribution in [3.8, 4) is 17.2 Å². The van der Waals surface area contributed by atoms with Gasteiger partial charge >= 0.3 is 0 Å². The summed E-state index contributed by atoms with van der Waals surface area (Å²) in [5.41, 5.74) is -3.41. The van der Waals surface area contributed by atoms with Gasteiger partial charge < -0.3 is 64.0 Å². The third-order valence-corrected chi connectivity index (χ3v) is 12.1. The van der Waals surface area contributed by atoms with E-state index in [-0.39, 0.29) is 54.2 Å². The fourth-order valence-corrected chi connectivity index (χ4v) is 8.84. The number of Topliss-reactive ketones (excluding diaryl/α,β-unsaturated/α-hetero) is 1. The van der Waals surface area contributed by atoms with E-state index >= 15 is 0 Å². The Bertz CT molecular complexity index is 1870. The number of carbonyl (C=O) groups is 3. The van der Waals surface area contributed by atoms with Crippen LogP contribution in [0.3, 0.4) is 0 Å². The Kier molecular flexibility index (Phi) is 11.1. The van der Waals surface area contributed by atoms with Crippen molar-refractivity contribution in [3.63, 3.8) is 0 Å². The third-order valence-electron chi connectivity index (χ3n) is 12.1. The third kappa shape index (κ3) is 7.03. The van der Waals surface area contributed by atoms with Gasteiger partial charge in [-0.15, -0.1) is 0 Å². The molecule has 0 aromatic heterocycles. The minimum Gasteiger partial charge on any atom is -0.507 e. The highest BCUT2D eigenvalue weighted by Crippen LogP contribution is 2.53. The van der Waals surface area contributed by atoms with Gasteiger partial charge in [0.1, 0.15) is 41.7 Å². The molecule has 5 aliphatic rings. The molecule has 0 spiro atoms. The van der Waals surface area contributed by atoms with Crippen LogP contribution in [-0.2, 0) is 33.2 Å². The maximum Gasteiger partial charge on any atom is 0.202 e. The van der Waals surface area contributed by atoms with E-state index in [1.807, 2.05) is 19.0 Å². The second kappa shape index (κ2) is 15.3. The number of aromatic hydroxyl groups is 3. The van der Waals surface area contributed by atoms with Gasteiger partial charge in [-0.1, -0.05) is 6.92 Å². The van der Waals surface area contributed by atoms with Gasteiger partial charge in [-0.05, 0) is 65.0 Å². The molecule has 13 atom stereocenters. The first-order valence-electron chi connectivity index (χ1n) is 19.2. The van der Waals surface area contributed by atoms with E-state index in [2.05, 4.69) is 0 Å². The molecule has 56 heavy (non-hydrogen) atoms. The Balaban J connectivity index is 1.11. The first kappa shape index (κ1) is 40.6. The van der Waals surface area contributed by atoms with Crippen LogP contribution in [0.15, 0.2) is 18.2 Å². The molecule has 16 nitrogen and oxygen atoms in total. The minimum atomic E-state index is -1.76. The second-order valence-corrected chi connectivity index (χ2v) is 15.9. The average Bonchev–Trinajstić information content (AvgIpc) is 3.13. The topological polar surface area (TPSA) is 231 Å². The zero-order chi connectivity index (χ0) is 40.5. The summed E-state index contributed by atoms with van der Waals surface area (Å²) in [6.45, 7) is 6.91. The zero-order valence-electron chi connectivity index (χ0n) is 32.2. The summed E-state index contributed by atoms with van der Waals surface area (Å²) in [6, 6.07) is 3.05. The largest absolute Gasteiger partial charge is 0.507 e. The van der Waals surface area contributed by atoms with Gasteiger partial charge in [0.05, 0.1) is 46.7 Å². The predicted octanol–water partition coefficient (Wildman–Crippen LogP) is 2.64. The first-order valence-corrected chi connectivity index (χ1v) is 19.2. The summed E-state index contributed by atoms with van der Waals surface area (Å²) in [5.74, 6) is -3.49. The number of phenols is 3. The Hall–Kier alpha value is -3.55. The van der Waals surface area contributed by atoms with Crippen molar-refractivity contribution in [3.05, 3.63) is 51.6 Å². The number of aliphatic hydroxyl groups excluding tert-OH is 2. The molecule has 2 aromatic rings. The highest BCUT2D eigenvalue weighted by atomic mass is 16.7. The molecule has 2 aliphatic carbocycles. The number of ether oxygens (including phenoxy) is 6. The lowest BCUT2D eigenvalue weighted by atomic mass is 9.71. The van der Waals surface area contributed by atoms with Gasteiger partial charge in [-0.2, -0.15) is 0 Å². The van der Waals surface area contributed by atoms with Crippen molar-refractivity contribution in [2.75, 3.05) is 14.1 Å². The van der Waals surface area contributed by atoms with Crippen LogP contribution in [0.4, 0.5) is 0 Å². The molecular formula is C40H51NO15. The number of benzene rings is 2. The Morgan fingerprint density at radius 2 is 1.43 bits per heavy atom. The van der Waals surface area contributed by atoms with Gasteiger partial charge in [0.15, 0.2) is 30.4 Å². The molecule has 3 heterocycles. The van der Waals surface area contributed by atoms with E-state index in [0.29, 0.717) is 12.8 Å². The van der Waals surface area contributed by atoms with Crippen LogP contribution < -0.4 is 0 Å². The molecule has 16 heteroatoms. The van der Waals surface area contributed by atoms with E-state index in [0.717, 1.165) is 12.1 Å². The number of ketones is 3. The SMILES string of the molecule is CC[C@@]1(O)C[C@H](OC2CC(N(C)C)C(OC3CC(O)C(OC4CCC(=O)C(C)O4)C(C)O3)C(C)O2)c2c(cc3c(c2O)C(=O)c2c(O)ccc(O)c2C3=O)C1O. The molecule has 0 amide bonds. The highest BCUT2D eigenvalue weighted by molar-refractivity contribution is 6.31. The number of fused-ring (bicyclic) bond motifs is 3. The smallest absolute Gasteiger partial charge is 0.202 e. The van der Waals surface area contributed by atoms with Gasteiger partial charge in [-0.3, -0.25) is 14.4 Å². The monoisotopic (exact) mass is 785 g/mol. The molecule has 2 aromatic carbocycles. The lowest BCUT2D eigenvalue weighted by Crippen LogP contribution is -2.58. The van der Waals surface area contributed by atoms with Gasteiger partial charge in [0.25, 0.3) is 0 Å². The molecule has 6 N–H and O–H groups in total. The Morgan fingerprint density at radius 1 is 0.821 bits per heavy atom. The van der Waals surface area contributed by atoms with Gasteiger partial charge in [0.2, 0.25) is 5.78 Å². The van der Waals surface area contributed by atoms with E-state index in [4.69, 9.17) is 28.4 Å². The molecule has 11 unspecified atom stereocenters. The summed E-state index contributed by atoms with van der Waals surface area (Å²) < 4.78 is 37.3. The molecular weight excluding hydrogens is 734 g/mol. The number of phenolic OH excluding ortho intramolecular Hbond substituents is 3. The summed E-state index contributed by atoms with van der Waals surface area (Å²) >= 11 is 0. The van der Waals surface area contributed by atoms with Crippen molar-refractivity contribution in [2.45, 2.75) is 146 Å². The molecule has 0 bridgehead atoms. The molecule has 3 saturated heterocycles. The molecule has 3 aliphatic heterocycles. The van der Waals surface area contributed by atoms with Crippen molar-refractivity contribution in [2.24, 2.45) is 0 Å². The number of nitrogens with zero attached hydrogens (tertiary/aromatic N) is 1. The predicted molar refractivity (Wildman–Crippen MR) is 193 cm³/mol. The minimum absolute atomic E-state index is 0.00494. The number of hydrogen-bond donors (Lipinski definition) is 6. The molecule has 0 radical (unpaired) electrons. The number of rotatable bonds is 8. The standard InChI is InChI=1S/C40H51NO15/c1-7-40(50)15-26(30-20(39(40)49)12-19-31(35(30)47)36(48)33-24(44)9-8-23(43)32(33)34(19)46)54-28-13-21(41(5)6)37(17(3)52-28)56-29-14-25(45)38(18(4)53-29)55-27-11-10-22(42)16(2)51-27/h8-9,12,16-18,21,25-29,37-39,43-45,47,49-50H,7,10-11,13-15H2,1-6H3/t16?,17?,18?,21?,25?,26-,27?,28?,29?,37?,38?,39?,40+/m0/s1. The van der Waals surface area contributed by atoms with Crippen LogP contribution in [0.1, 0.15) is 121 Å². The quantitative estimate of drug-likeness (QED) is 0.180. The van der Waals surface area contributed by atoms with Gasteiger partial charge in [0, 0.05) is 49.3 Å². The number of hydrogen-bond acceptors (Lipinski definition) is 16. The van der Waals surface area contributed by atoms with Crippen LogP contribution in [0, 0.1) is 0 Å². The molecule has 0 saturated carbocycles. The molecule has 3 fully saturated rings. The second-order valence-electron chi connectivity index (χ2n) is 15.9. The summed E-state index contributed by atoms with van der Waals surface area (Å²) in [4.78, 5) is 41.3. The van der Waals surface area contributed by atoms with Crippen molar-refractivity contribution in [1.82, 2.24) is 4.90 Å². The maximum absolute atomic E-state index is 13.8. The maximum atomic E-state index is 13.8. The summed E-state index contributed by atoms with van der Waals surface area (Å²) in [5, 5.41) is 67.1. The Labute approximate surface area is 323 Å². The van der Waals surface area contributed by atoms with Crippen LogP contribution in [0.5, 0.6) is 17.2 Å². The summed E-state index contributed by atoms with van der Waals surface area (Å²) in [7, 11) is 3.73. The lowest BCUT2D eigenvalue weighted by molar-refractivity contribution is -0.325. The highest BCUT2D eigenvalue weighted by Gasteiger charge is 2.51. The molecule has 7 rings (SSSR count). The fourth-order valence-electron chi connectivity index (χ4n) is 8.84. The summed E-state index contributed by atoms with van der Waals surface area (Å²) in [6.07, 6.45) is -8.19. The van der Waals surface area contributed by atoms with Crippen molar-refractivity contribution >= 4 is 17.3 Å². The normalized spacial score (nSPS) is 37.3. The van der Waals surface area contributed by atoms with Crippen LogP contribution >= 0.6 is 0 Å². The van der Waals surface area contributed by atoms with Crippen LogP contribution in [0.2, 0.25) is 0 Å². The van der Waals surface area contributed by atoms with E-state index in [1.54, 1.807) is 27.7 Å². The van der Waals surface area contributed by atoms with Crippen LogP contribution in [-0.4, -0.2) is 134 Å². The van der Waals surface area contributed by atoms with E-state index in [9.17, 15) is 45.0 Å². The van der Waals surface area contributed by atoms with Crippen molar-refractivity contribution in [1.29, 1.82) is 0 Å². The lowest BCUT2D eigenvalue weighted by Gasteiger charge is -2.48. The number of carbonyl (C=O) groups excluding carboxylic acids is 3. The zero-order valence-corrected chi connectivity index (χ0v) is 32.2. The Morgan fingerprint density at radius 3 is 2.04 bits per heavy atom. The van der Waals surface area contributed by atoms with E-state index in [1.165, 1.54) is 6.07 Å². The molecule has 306 valence electrons. The van der Waals surface area contributed by atoms with Crippen LogP contribution in [0.25, 0.3) is 0 Å². The fraction of sp³-hybridized carbons (Fsp3) is 0.625. The van der Waals surface area contributed by atoms with Crippen molar-refractivity contribution < 1.29 is 73.4 Å².